The molecule has 2 rings (SSSR count). The molecule has 0 bridgehead atoms. The lowest BCUT2D eigenvalue weighted by atomic mass is 10.1. The van der Waals surface area contributed by atoms with E-state index in [-0.39, 0.29) is 18.4 Å². The van der Waals surface area contributed by atoms with Gasteiger partial charge in [-0.3, -0.25) is 14.5 Å². The van der Waals surface area contributed by atoms with Crippen LogP contribution < -0.4 is 15.4 Å². The van der Waals surface area contributed by atoms with E-state index in [2.05, 4.69) is 10.6 Å². The molecule has 1 unspecified atom stereocenters. The van der Waals surface area contributed by atoms with E-state index >= 15 is 0 Å². The summed E-state index contributed by atoms with van der Waals surface area (Å²) in [7, 11) is 3.35. The Kier molecular flexibility index (Phi) is 8.76. The predicted molar refractivity (Wildman–Crippen MR) is 117 cm³/mol. The maximum absolute atomic E-state index is 12.4. The van der Waals surface area contributed by atoms with E-state index in [4.69, 9.17) is 27.9 Å². The van der Waals surface area contributed by atoms with Crippen LogP contribution in [0.2, 0.25) is 10.0 Å². The highest BCUT2D eigenvalue weighted by atomic mass is 35.5. The maximum atomic E-state index is 12.4. The number of carbonyl (C=O) groups is 2. The zero-order chi connectivity index (χ0) is 21.4. The van der Waals surface area contributed by atoms with Crippen LogP contribution in [0.15, 0.2) is 42.5 Å². The zero-order valence-corrected chi connectivity index (χ0v) is 18.2. The van der Waals surface area contributed by atoms with Gasteiger partial charge in [0.05, 0.1) is 29.7 Å². The number of likely N-dealkylation sites (N-methyl/N-ethyl adjacent to an activating group) is 1. The Hall–Kier alpha value is -2.28. The number of hydrogen-bond acceptors (Lipinski definition) is 4. The topological polar surface area (TPSA) is 70.7 Å². The molecule has 0 saturated heterocycles. The first-order chi connectivity index (χ1) is 13.8. The fourth-order valence-electron chi connectivity index (χ4n) is 2.61. The van der Waals surface area contributed by atoms with Crippen molar-refractivity contribution in [2.45, 2.75) is 19.4 Å². The fraction of sp³-hybridized carbons (Fsp3) is 0.333. The van der Waals surface area contributed by atoms with E-state index in [1.807, 2.05) is 24.3 Å². The molecule has 2 aromatic rings. The van der Waals surface area contributed by atoms with Gasteiger partial charge in [0.1, 0.15) is 5.75 Å². The van der Waals surface area contributed by atoms with Gasteiger partial charge in [-0.1, -0.05) is 35.3 Å². The standard InChI is InChI=1S/C21H25Cl2N3O3/c1-14(21(28)24-11-10-15-4-7-17(29-3)8-5-15)26(2)13-20(27)25-16-6-9-18(22)19(23)12-16/h4-9,12,14H,10-11,13H2,1-3H3,(H,24,28)(H,25,27). The van der Waals surface area contributed by atoms with Gasteiger partial charge in [0.25, 0.3) is 0 Å². The molecule has 0 aromatic heterocycles. The first-order valence-electron chi connectivity index (χ1n) is 9.16. The number of halogens is 2. The van der Waals surface area contributed by atoms with Gasteiger partial charge in [0, 0.05) is 12.2 Å². The molecular weight excluding hydrogens is 413 g/mol. The Labute approximate surface area is 181 Å². The summed E-state index contributed by atoms with van der Waals surface area (Å²) >= 11 is 11.8. The first kappa shape index (κ1) is 23.0. The maximum Gasteiger partial charge on any atom is 0.238 e. The van der Waals surface area contributed by atoms with Crippen LogP contribution in [0.4, 0.5) is 5.69 Å². The third-order valence-electron chi connectivity index (χ3n) is 4.51. The Bertz CT molecular complexity index is 844. The summed E-state index contributed by atoms with van der Waals surface area (Å²) in [4.78, 5) is 26.3. The monoisotopic (exact) mass is 437 g/mol. The molecule has 6 nitrogen and oxygen atoms in total. The molecule has 0 aliphatic rings. The highest BCUT2D eigenvalue weighted by Crippen LogP contribution is 2.24. The van der Waals surface area contributed by atoms with Crippen LogP contribution in [-0.2, 0) is 16.0 Å². The highest BCUT2D eigenvalue weighted by Gasteiger charge is 2.20. The average molecular weight is 438 g/mol. The molecule has 0 fully saturated rings. The van der Waals surface area contributed by atoms with Crippen molar-refractivity contribution >= 4 is 40.7 Å². The van der Waals surface area contributed by atoms with Crippen molar-refractivity contribution in [1.29, 1.82) is 0 Å². The smallest absolute Gasteiger partial charge is 0.238 e. The van der Waals surface area contributed by atoms with E-state index in [0.717, 1.165) is 11.3 Å². The molecule has 1 atom stereocenters. The van der Waals surface area contributed by atoms with Gasteiger partial charge >= 0.3 is 0 Å². The number of rotatable bonds is 9. The van der Waals surface area contributed by atoms with Crippen LogP contribution in [0.25, 0.3) is 0 Å². The normalized spacial score (nSPS) is 11.8. The van der Waals surface area contributed by atoms with Gasteiger partial charge < -0.3 is 15.4 Å². The summed E-state index contributed by atoms with van der Waals surface area (Å²) in [5, 5.41) is 6.43. The van der Waals surface area contributed by atoms with E-state index < -0.39 is 6.04 Å². The number of nitrogens with zero attached hydrogens (tertiary/aromatic N) is 1. The van der Waals surface area contributed by atoms with Gasteiger partial charge in [-0.05, 0) is 56.3 Å². The Morgan fingerprint density at radius 3 is 2.41 bits per heavy atom. The number of ether oxygens (including phenoxy) is 1. The van der Waals surface area contributed by atoms with Crippen LogP contribution in [0.3, 0.4) is 0 Å². The van der Waals surface area contributed by atoms with E-state index in [0.29, 0.717) is 28.7 Å². The van der Waals surface area contributed by atoms with Gasteiger partial charge in [-0.15, -0.1) is 0 Å². The van der Waals surface area contributed by atoms with Crippen molar-refractivity contribution in [3.05, 3.63) is 58.1 Å². The largest absolute Gasteiger partial charge is 0.497 e. The number of methoxy groups -OCH3 is 1. The van der Waals surface area contributed by atoms with Gasteiger partial charge in [0.15, 0.2) is 0 Å². The van der Waals surface area contributed by atoms with Crippen molar-refractivity contribution in [2.75, 3.05) is 32.6 Å². The molecule has 29 heavy (non-hydrogen) atoms. The van der Waals surface area contributed by atoms with Crippen molar-refractivity contribution < 1.29 is 14.3 Å². The molecule has 0 saturated carbocycles. The van der Waals surface area contributed by atoms with Crippen molar-refractivity contribution in [1.82, 2.24) is 10.2 Å². The molecule has 156 valence electrons. The lowest BCUT2D eigenvalue weighted by molar-refractivity contribution is -0.126. The number of carbonyl (C=O) groups excluding carboxylic acids is 2. The summed E-state index contributed by atoms with van der Waals surface area (Å²) in [6.07, 6.45) is 0.712. The van der Waals surface area contributed by atoms with E-state index in [9.17, 15) is 9.59 Å². The van der Waals surface area contributed by atoms with Crippen LogP contribution in [0.5, 0.6) is 5.75 Å². The second kappa shape index (κ2) is 11.0. The molecule has 0 radical (unpaired) electrons. The summed E-state index contributed by atoms with van der Waals surface area (Å²) in [6, 6.07) is 12.1. The van der Waals surface area contributed by atoms with Gasteiger partial charge in [0.2, 0.25) is 11.8 Å². The number of benzene rings is 2. The van der Waals surface area contributed by atoms with Crippen molar-refractivity contribution in [2.24, 2.45) is 0 Å². The molecular formula is C21H25Cl2N3O3. The van der Waals surface area contributed by atoms with Crippen LogP contribution in [0.1, 0.15) is 12.5 Å². The van der Waals surface area contributed by atoms with Gasteiger partial charge in [-0.2, -0.15) is 0 Å². The second-order valence-electron chi connectivity index (χ2n) is 6.66. The minimum atomic E-state index is -0.453. The highest BCUT2D eigenvalue weighted by molar-refractivity contribution is 6.42. The molecule has 8 heteroatoms. The molecule has 2 amide bonds. The average Bonchev–Trinajstić information content (AvgIpc) is 2.70. The third-order valence-corrected chi connectivity index (χ3v) is 5.25. The Balaban J connectivity index is 1.76. The molecule has 0 aliphatic carbocycles. The summed E-state index contributed by atoms with van der Waals surface area (Å²) in [5.41, 5.74) is 1.66. The van der Waals surface area contributed by atoms with Crippen LogP contribution in [0, 0.1) is 0 Å². The second-order valence-corrected chi connectivity index (χ2v) is 7.47. The van der Waals surface area contributed by atoms with E-state index in [1.54, 1.807) is 44.2 Å². The molecule has 2 aromatic carbocycles. The van der Waals surface area contributed by atoms with Crippen molar-refractivity contribution in [3.8, 4) is 5.75 Å². The molecule has 0 aliphatic heterocycles. The van der Waals surface area contributed by atoms with Crippen molar-refractivity contribution in [3.63, 3.8) is 0 Å². The molecule has 0 heterocycles. The van der Waals surface area contributed by atoms with Gasteiger partial charge in [-0.25, -0.2) is 0 Å². The summed E-state index contributed by atoms with van der Waals surface area (Å²) < 4.78 is 5.13. The third kappa shape index (κ3) is 7.24. The zero-order valence-electron chi connectivity index (χ0n) is 16.7. The minimum absolute atomic E-state index is 0.0628. The van der Waals surface area contributed by atoms with Crippen LogP contribution in [-0.4, -0.2) is 50.0 Å². The Morgan fingerprint density at radius 1 is 1.10 bits per heavy atom. The number of hydrogen-bond donors (Lipinski definition) is 2. The predicted octanol–water partition coefficient (Wildman–Crippen LogP) is 3.62. The lowest BCUT2D eigenvalue weighted by Crippen LogP contribution is -2.46. The first-order valence-corrected chi connectivity index (χ1v) is 9.91. The quantitative estimate of drug-likeness (QED) is 0.628. The fourth-order valence-corrected chi connectivity index (χ4v) is 2.91. The number of amides is 2. The summed E-state index contributed by atoms with van der Waals surface area (Å²) in [6.45, 7) is 2.33. The number of anilines is 1. The molecule has 0 spiro atoms. The SMILES string of the molecule is COc1ccc(CCNC(=O)C(C)N(C)CC(=O)Nc2ccc(Cl)c(Cl)c2)cc1. The van der Waals surface area contributed by atoms with Crippen LogP contribution >= 0.6 is 23.2 Å². The van der Waals surface area contributed by atoms with E-state index in [1.165, 1.54) is 0 Å². The summed E-state index contributed by atoms with van der Waals surface area (Å²) in [5.74, 6) is 0.416. The lowest BCUT2D eigenvalue weighted by Gasteiger charge is -2.23. The molecule has 2 N–H and O–H groups in total. The Morgan fingerprint density at radius 2 is 1.79 bits per heavy atom. The minimum Gasteiger partial charge on any atom is -0.497 e. The number of nitrogens with one attached hydrogen (secondary N) is 2.